The lowest BCUT2D eigenvalue weighted by molar-refractivity contribution is 0.299. The zero-order valence-corrected chi connectivity index (χ0v) is 8.81. The fourth-order valence-corrected chi connectivity index (χ4v) is 1.53. The molecule has 1 saturated carbocycles. The van der Waals surface area contributed by atoms with Crippen molar-refractivity contribution in [2.45, 2.75) is 19.8 Å². The van der Waals surface area contributed by atoms with E-state index >= 15 is 0 Å². The van der Waals surface area contributed by atoms with Gasteiger partial charge in [0.2, 0.25) is 0 Å². The Kier molecular flexibility index (Phi) is 2.98. The summed E-state index contributed by atoms with van der Waals surface area (Å²) in [6.07, 6.45) is 2.54. The Morgan fingerprint density at radius 3 is 2.67 bits per heavy atom. The predicted molar refractivity (Wildman–Crippen MR) is 59.2 cm³/mol. The lowest BCUT2D eigenvalue weighted by Gasteiger charge is -2.09. The smallest absolute Gasteiger partial charge is 0.488 e. The molecule has 0 aliphatic heterocycles. The molecule has 0 atom stereocenters. The molecule has 2 N–H and O–H groups in total. The quantitative estimate of drug-likeness (QED) is 0.703. The molecule has 1 aliphatic rings. The van der Waals surface area contributed by atoms with Crippen LogP contribution in [0.3, 0.4) is 0 Å². The highest BCUT2D eigenvalue weighted by Gasteiger charge is 2.22. The fraction of sp³-hybridized carbons (Fsp3) is 0.455. The van der Waals surface area contributed by atoms with Crippen molar-refractivity contribution >= 4 is 12.6 Å². The van der Waals surface area contributed by atoms with E-state index in [-0.39, 0.29) is 0 Å². The van der Waals surface area contributed by atoms with E-state index < -0.39 is 7.12 Å². The zero-order chi connectivity index (χ0) is 10.8. The second-order valence-corrected chi connectivity index (χ2v) is 4.15. The summed E-state index contributed by atoms with van der Waals surface area (Å²) in [6.45, 7) is 2.62. The molecule has 0 radical (unpaired) electrons. The molecule has 0 amide bonds. The van der Waals surface area contributed by atoms with Gasteiger partial charge in [-0.1, -0.05) is 6.07 Å². The largest absolute Gasteiger partial charge is 0.493 e. The molecule has 3 nitrogen and oxygen atoms in total. The van der Waals surface area contributed by atoms with Crippen LogP contribution >= 0.6 is 0 Å². The Balaban J connectivity index is 2.03. The van der Waals surface area contributed by atoms with Crippen LogP contribution in [0.25, 0.3) is 0 Å². The first kappa shape index (κ1) is 10.5. The van der Waals surface area contributed by atoms with Crippen LogP contribution in [0.15, 0.2) is 18.2 Å². The van der Waals surface area contributed by atoms with Crippen molar-refractivity contribution in [2.24, 2.45) is 5.92 Å². The van der Waals surface area contributed by atoms with Crippen LogP contribution in [0, 0.1) is 12.8 Å². The predicted octanol–water partition coefficient (Wildman–Crippen LogP) is 0.464. The van der Waals surface area contributed by atoms with Crippen molar-refractivity contribution in [1.29, 1.82) is 0 Å². The van der Waals surface area contributed by atoms with Gasteiger partial charge >= 0.3 is 7.12 Å². The molecule has 15 heavy (non-hydrogen) atoms. The summed E-state index contributed by atoms with van der Waals surface area (Å²) in [6, 6.07) is 5.32. The van der Waals surface area contributed by atoms with E-state index in [1.54, 1.807) is 12.1 Å². The van der Waals surface area contributed by atoms with Crippen LogP contribution in [0.5, 0.6) is 5.75 Å². The maximum absolute atomic E-state index is 9.04. The Labute approximate surface area is 89.8 Å². The monoisotopic (exact) mass is 206 g/mol. The maximum atomic E-state index is 9.04. The summed E-state index contributed by atoms with van der Waals surface area (Å²) in [5.74, 6) is 1.54. The number of hydrogen-bond donors (Lipinski definition) is 2. The van der Waals surface area contributed by atoms with Crippen LogP contribution in [0.1, 0.15) is 18.4 Å². The van der Waals surface area contributed by atoms with Crippen LogP contribution in [-0.4, -0.2) is 23.8 Å². The van der Waals surface area contributed by atoms with Gasteiger partial charge in [0, 0.05) is 0 Å². The number of hydrogen-bond acceptors (Lipinski definition) is 3. The van der Waals surface area contributed by atoms with Crippen LogP contribution in [0.4, 0.5) is 0 Å². The van der Waals surface area contributed by atoms with Crippen molar-refractivity contribution < 1.29 is 14.8 Å². The molecule has 0 saturated heterocycles. The van der Waals surface area contributed by atoms with Crippen molar-refractivity contribution in [3.05, 3.63) is 23.8 Å². The molecule has 1 aliphatic carbocycles. The van der Waals surface area contributed by atoms with Gasteiger partial charge in [0.15, 0.2) is 0 Å². The molecule has 4 heteroatoms. The first-order valence-electron chi connectivity index (χ1n) is 5.26. The van der Waals surface area contributed by atoms with E-state index in [1.807, 2.05) is 13.0 Å². The van der Waals surface area contributed by atoms with Gasteiger partial charge < -0.3 is 14.8 Å². The third kappa shape index (κ3) is 2.73. The van der Waals surface area contributed by atoms with Gasteiger partial charge in [-0.15, -0.1) is 0 Å². The SMILES string of the molecule is Cc1cc(OCC2CC2)ccc1B(O)O. The first-order valence-corrected chi connectivity index (χ1v) is 5.26. The van der Waals surface area contributed by atoms with Crippen molar-refractivity contribution in [3.8, 4) is 5.75 Å². The second-order valence-electron chi connectivity index (χ2n) is 4.15. The Morgan fingerprint density at radius 2 is 2.13 bits per heavy atom. The van der Waals surface area contributed by atoms with Crippen molar-refractivity contribution in [2.75, 3.05) is 6.61 Å². The molecule has 0 bridgehead atoms. The molecule has 1 aromatic carbocycles. The minimum atomic E-state index is -1.40. The van der Waals surface area contributed by atoms with Gasteiger partial charge in [-0.25, -0.2) is 0 Å². The third-order valence-corrected chi connectivity index (χ3v) is 2.70. The van der Waals surface area contributed by atoms with Gasteiger partial charge in [0.1, 0.15) is 5.75 Å². The molecule has 0 heterocycles. The molecule has 80 valence electrons. The summed E-state index contributed by atoms with van der Waals surface area (Å²) in [5, 5.41) is 18.1. The number of aryl methyl sites for hydroxylation is 1. The van der Waals surface area contributed by atoms with Crippen molar-refractivity contribution in [3.63, 3.8) is 0 Å². The average molecular weight is 206 g/mol. The van der Waals surface area contributed by atoms with E-state index in [0.29, 0.717) is 5.46 Å². The van der Waals surface area contributed by atoms with Gasteiger partial charge in [-0.05, 0) is 48.8 Å². The maximum Gasteiger partial charge on any atom is 0.488 e. The minimum absolute atomic E-state index is 0.536. The molecule has 2 rings (SSSR count). The number of rotatable bonds is 4. The Bertz CT molecular complexity index is 348. The fourth-order valence-electron chi connectivity index (χ4n) is 1.53. The molecule has 0 unspecified atom stereocenters. The molecule has 1 aromatic rings. The topological polar surface area (TPSA) is 49.7 Å². The average Bonchev–Trinajstić information content (AvgIpc) is 2.97. The lowest BCUT2D eigenvalue weighted by atomic mass is 9.77. The number of ether oxygens (including phenoxy) is 1. The summed E-state index contributed by atoms with van der Waals surface area (Å²) in [4.78, 5) is 0. The Morgan fingerprint density at radius 1 is 1.40 bits per heavy atom. The molecular weight excluding hydrogens is 191 g/mol. The standard InChI is InChI=1S/C11H15BO3/c1-8-6-10(15-7-9-2-3-9)4-5-11(8)12(13)14/h4-6,9,13-14H,2-3,7H2,1H3. The zero-order valence-electron chi connectivity index (χ0n) is 8.81. The van der Waals surface area contributed by atoms with Crippen molar-refractivity contribution in [1.82, 2.24) is 0 Å². The summed E-state index contributed by atoms with van der Waals surface area (Å²) >= 11 is 0. The molecule has 1 fully saturated rings. The highest BCUT2D eigenvalue weighted by molar-refractivity contribution is 6.59. The van der Waals surface area contributed by atoms with Crippen LogP contribution in [0.2, 0.25) is 0 Å². The lowest BCUT2D eigenvalue weighted by Crippen LogP contribution is -2.31. The first-order chi connectivity index (χ1) is 7.16. The van der Waals surface area contributed by atoms with E-state index in [2.05, 4.69) is 0 Å². The van der Waals surface area contributed by atoms with E-state index in [4.69, 9.17) is 14.8 Å². The van der Waals surface area contributed by atoms with Gasteiger partial charge in [0.25, 0.3) is 0 Å². The third-order valence-electron chi connectivity index (χ3n) is 2.70. The highest BCUT2D eigenvalue weighted by atomic mass is 16.5. The van der Waals surface area contributed by atoms with Crippen LogP contribution < -0.4 is 10.2 Å². The summed E-state index contributed by atoms with van der Waals surface area (Å²) in [5.41, 5.74) is 1.38. The number of benzene rings is 1. The Hall–Kier alpha value is -0.995. The van der Waals surface area contributed by atoms with Gasteiger partial charge in [-0.2, -0.15) is 0 Å². The minimum Gasteiger partial charge on any atom is -0.493 e. The van der Waals surface area contributed by atoms with Gasteiger partial charge in [0.05, 0.1) is 6.61 Å². The second kappa shape index (κ2) is 4.25. The van der Waals surface area contributed by atoms with E-state index in [9.17, 15) is 0 Å². The molecule has 0 spiro atoms. The van der Waals surface area contributed by atoms with Crippen LogP contribution in [-0.2, 0) is 0 Å². The molecule has 0 aromatic heterocycles. The summed E-state index contributed by atoms with van der Waals surface area (Å²) < 4.78 is 5.58. The summed E-state index contributed by atoms with van der Waals surface area (Å²) in [7, 11) is -1.40. The van der Waals surface area contributed by atoms with E-state index in [0.717, 1.165) is 23.8 Å². The normalized spacial score (nSPS) is 15.1. The van der Waals surface area contributed by atoms with E-state index in [1.165, 1.54) is 12.8 Å². The van der Waals surface area contributed by atoms with Gasteiger partial charge in [-0.3, -0.25) is 0 Å². The molecular formula is C11H15BO3. The highest BCUT2D eigenvalue weighted by Crippen LogP contribution is 2.29.